The van der Waals surface area contributed by atoms with Gasteiger partial charge in [0.2, 0.25) is 0 Å². The van der Waals surface area contributed by atoms with Crippen LogP contribution in [0.4, 0.5) is 0 Å². The van der Waals surface area contributed by atoms with Crippen molar-refractivity contribution in [2.75, 3.05) is 13.1 Å². The summed E-state index contributed by atoms with van der Waals surface area (Å²) in [5.41, 5.74) is 1.61. The lowest BCUT2D eigenvalue weighted by Crippen LogP contribution is -2.29. The number of amides is 1. The maximum Gasteiger partial charge on any atom is 0.308 e. The van der Waals surface area contributed by atoms with Gasteiger partial charge in [0, 0.05) is 18.7 Å². The quantitative estimate of drug-likeness (QED) is 0.902. The van der Waals surface area contributed by atoms with E-state index in [2.05, 4.69) is 0 Å². The minimum absolute atomic E-state index is 0.102. The van der Waals surface area contributed by atoms with Gasteiger partial charge in [0.15, 0.2) is 0 Å². The highest BCUT2D eigenvalue weighted by Crippen LogP contribution is 2.19. The molecular formula is C16H21NO4. The first-order chi connectivity index (χ1) is 9.97. The number of nitrogens with zero attached hydrogens (tertiary/aromatic N) is 1. The van der Waals surface area contributed by atoms with Crippen molar-refractivity contribution < 1.29 is 19.4 Å². The number of carboxylic acid groups (broad SMARTS) is 1. The third-order valence-electron chi connectivity index (χ3n) is 3.61. The van der Waals surface area contributed by atoms with Gasteiger partial charge in [-0.15, -0.1) is 0 Å². The van der Waals surface area contributed by atoms with Crippen LogP contribution in [0.25, 0.3) is 0 Å². The topological polar surface area (TPSA) is 66.8 Å². The normalized spacial score (nSPS) is 18.2. The van der Waals surface area contributed by atoms with E-state index in [4.69, 9.17) is 9.84 Å². The smallest absolute Gasteiger partial charge is 0.308 e. The van der Waals surface area contributed by atoms with Crippen molar-refractivity contribution in [2.45, 2.75) is 33.0 Å². The molecule has 114 valence electrons. The summed E-state index contributed by atoms with van der Waals surface area (Å²) in [5, 5.41) is 8.97. The summed E-state index contributed by atoms with van der Waals surface area (Å²) < 4.78 is 5.51. The molecule has 1 heterocycles. The molecule has 0 aliphatic carbocycles. The van der Waals surface area contributed by atoms with Crippen molar-refractivity contribution in [3.63, 3.8) is 0 Å². The maximum atomic E-state index is 12.3. The molecule has 0 bridgehead atoms. The van der Waals surface area contributed by atoms with E-state index in [9.17, 15) is 9.59 Å². The molecule has 0 aromatic heterocycles. The van der Waals surface area contributed by atoms with Crippen LogP contribution >= 0.6 is 0 Å². The lowest BCUT2D eigenvalue weighted by atomic mass is 10.1. The number of ether oxygens (including phenoxy) is 1. The molecule has 5 nitrogen and oxygen atoms in total. The Labute approximate surface area is 124 Å². The number of benzene rings is 1. The monoisotopic (exact) mass is 291 g/mol. The van der Waals surface area contributed by atoms with Crippen LogP contribution in [-0.2, 0) is 16.1 Å². The zero-order valence-corrected chi connectivity index (χ0v) is 12.4. The van der Waals surface area contributed by atoms with E-state index >= 15 is 0 Å². The highest BCUT2D eigenvalue weighted by atomic mass is 16.5. The number of hydrogen-bond donors (Lipinski definition) is 1. The second-order valence-electron chi connectivity index (χ2n) is 5.63. The Morgan fingerprint density at radius 1 is 1.33 bits per heavy atom. The molecule has 2 rings (SSSR count). The average molecular weight is 291 g/mol. The molecule has 1 saturated heterocycles. The average Bonchev–Trinajstić information content (AvgIpc) is 2.95. The first-order valence-corrected chi connectivity index (χ1v) is 7.20. The second kappa shape index (κ2) is 6.72. The molecule has 1 fully saturated rings. The number of hydrogen-bond acceptors (Lipinski definition) is 3. The molecule has 21 heavy (non-hydrogen) atoms. The second-order valence-corrected chi connectivity index (χ2v) is 5.63. The van der Waals surface area contributed by atoms with E-state index in [0.29, 0.717) is 31.7 Å². The van der Waals surface area contributed by atoms with Crippen LogP contribution in [0.3, 0.4) is 0 Å². The third-order valence-corrected chi connectivity index (χ3v) is 3.61. The number of carbonyl (C=O) groups is 2. The predicted molar refractivity (Wildman–Crippen MR) is 78.0 cm³/mol. The van der Waals surface area contributed by atoms with Gasteiger partial charge in [-0.25, -0.2) is 0 Å². The first-order valence-electron chi connectivity index (χ1n) is 7.20. The fourth-order valence-corrected chi connectivity index (χ4v) is 2.34. The molecule has 1 amide bonds. The summed E-state index contributed by atoms with van der Waals surface area (Å²) in [5.74, 6) is -1.37. The van der Waals surface area contributed by atoms with E-state index in [1.807, 2.05) is 26.0 Å². The number of carboxylic acids is 1. The van der Waals surface area contributed by atoms with E-state index in [1.165, 1.54) is 0 Å². The summed E-state index contributed by atoms with van der Waals surface area (Å²) in [7, 11) is 0. The van der Waals surface area contributed by atoms with Crippen LogP contribution in [0.2, 0.25) is 0 Å². The molecule has 1 N–H and O–H groups in total. The van der Waals surface area contributed by atoms with E-state index < -0.39 is 11.9 Å². The molecule has 0 radical (unpaired) electrons. The Balaban J connectivity index is 1.96. The Bertz CT molecular complexity index is 510. The Morgan fingerprint density at radius 3 is 2.52 bits per heavy atom. The van der Waals surface area contributed by atoms with Crippen molar-refractivity contribution in [1.82, 2.24) is 4.90 Å². The summed E-state index contributed by atoms with van der Waals surface area (Å²) in [6.07, 6.45) is 0.699. The zero-order chi connectivity index (χ0) is 15.4. The minimum Gasteiger partial charge on any atom is -0.481 e. The fourth-order valence-electron chi connectivity index (χ4n) is 2.34. The van der Waals surface area contributed by atoms with Gasteiger partial charge in [-0.05, 0) is 38.0 Å². The van der Waals surface area contributed by atoms with Crippen LogP contribution in [-0.4, -0.2) is 41.1 Å². The van der Waals surface area contributed by atoms with Crippen molar-refractivity contribution in [1.29, 1.82) is 0 Å². The van der Waals surface area contributed by atoms with Crippen molar-refractivity contribution in [3.8, 4) is 0 Å². The van der Waals surface area contributed by atoms with Crippen LogP contribution in [0, 0.1) is 5.92 Å². The molecule has 1 aromatic carbocycles. The summed E-state index contributed by atoms with van der Waals surface area (Å²) in [6.45, 7) is 5.28. The molecule has 1 unspecified atom stereocenters. The van der Waals surface area contributed by atoms with Gasteiger partial charge in [-0.3, -0.25) is 9.59 Å². The fraction of sp³-hybridized carbons (Fsp3) is 0.500. The summed E-state index contributed by atoms with van der Waals surface area (Å²) in [6, 6.07) is 7.30. The van der Waals surface area contributed by atoms with Crippen LogP contribution in [0.1, 0.15) is 36.2 Å². The van der Waals surface area contributed by atoms with E-state index in [0.717, 1.165) is 5.56 Å². The van der Waals surface area contributed by atoms with Crippen molar-refractivity contribution in [2.24, 2.45) is 5.92 Å². The number of carbonyl (C=O) groups excluding carboxylic acids is 1. The van der Waals surface area contributed by atoms with Crippen LogP contribution in [0.5, 0.6) is 0 Å². The molecular weight excluding hydrogens is 270 g/mol. The highest BCUT2D eigenvalue weighted by molar-refractivity contribution is 5.94. The largest absolute Gasteiger partial charge is 0.481 e. The first kappa shape index (κ1) is 15.5. The van der Waals surface area contributed by atoms with Crippen molar-refractivity contribution in [3.05, 3.63) is 35.4 Å². The SMILES string of the molecule is CC(C)OCc1ccc(C(=O)N2CCC(C(=O)O)C2)cc1. The molecule has 1 aliphatic heterocycles. The standard InChI is InChI=1S/C16H21NO4/c1-11(2)21-10-12-3-5-13(6-4-12)15(18)17-8-7-14(9-17)16(19)20/h3-6,11,14H,7-10H2,1-2H3,(H,19,20). The highest BCUT2D eigenvalue weighted by Gasteiger charge is 2.31. The van der Waals surface area contributed by atoms with Gasteiger partial charge in [0.1, 0.15) is 0 Å². The Morgan fingerprint density at radius 2 is 2.00 bits per heavy atom. The lowest BCUT2D eigenvalue weighted by Gasteiger charge is -2.16. The van der Waals surface area contributed by atoms with Gasteiger partial charge in [-0.2, -0.15) is 0 Å². The molecule has 1 aromatic rings. The summed E-state index contributed by atoms with van der Waals surface area (Å²) in [4.78, 5) is 24.8. The predicted octanol–water partition coefficient (Wildman–Crippen LogP) is 2.16. The van der Waals surface area contributed by atoms with Crippen molar-refractivity contribution >= 4 is 11.9 Å². The Hall–Kier alpha value is -1.88. The number of likely N-dealkylation sites (tertiary alicyclic amines) is 1. The van der Waals surface area contributed by atoms with Gasteiger partial charge in [-0.1, -0.05) is 12.1 Å². The zero-order valence-electron chi connectivity index (χ0n) is 12.4. The molecule has 1 atom stereocenters. The third kappa shape index (κ3) is 4.04. The summed E-state index contributed by atoms with van der Waals surface area (Å²) >= 11 is 0. The Kier molecular flexibility index (Phi) is 4.96. The van der Waals surface area contributed by atoms with Crippen LogP contribution in [0.15, 0.2) is 24.3 Å². The molecule has 5 heteroatoms. The number of aliphatic carboxylic acids is 1. The minimum atomic E-state index is -0.827. The molecule has 0 spiro atoms. The van der Waals surface area contributed by atoms with Gasteiger partial charge in [0.25, 0.3) is 5.91 Å². The number of rotatable bonds is 5. The van der Waals surface area contributed by atoms with Crippen LogP contribution < -0.4 is 0 Å². The van der Waals surface area contributed by atoms with Gasteiger partial charge >= 0.3 is 5.97 Å². The maximum absolute atomic E-state index is 12.3. The van der Waals surface area contributed by atoms with E-state index in [1.54, 1.807) is 17.0 Å². The van der Waals surface area contributed by atoms with Gasteiger partial charge in [0.05, 0.1) is 18.6 Å². The van der Waals surface area contributed by atoms with E-state index in [-0.39, 0.29) is 12.0 Å². The molecule has 1 aliphatic rings. The lowest BCUT2D eigenvalue weighted by molar-refractivity contribution is -0.141. The van der Waals surface area contributed by atoms with Gasteiger partial charge < -0.3 is 14.7 Å². The molecule has 0 saturated carbocycles.